The van der Waals surface area contributed by atoms with E-state index in [2.05, 4.69) is 15.1 Å². The number of amides is 1. The Kier molecular flexibility index (Phi) is 5.75. The van der Waals surface area contributed by atoms with Gasteiger partial charge in [-0.15, -0.1) is 0 Å². The topological polar surface area (TPSA) is 72.1 Å². The molecule has 2 aromatic heterocycles. The molecular weight excluding hydrogens is 409 g/mol. The molecule has 1 saturated heterocycles. The fourth-order valence-corrected chi connectivity index (χ4v) is 3.89. The van der Waals surface area contributed by atoms with E-state index in [0.29, 0.717) is 42.1 Å². The van der Waals surface area contributed by atoms with Crippen LogP contribution in [0.5, 0.6) is 0 Å². The molecule has 0 radical (unpaired) electrons. The quantitative estimate of drug-likeness (QED) is 0.603. The van der Waals surface area contributed by atoms with Gasteiger partial charge in [0, 0.05) is 42.5 Å². The van der Waals surface area contributed by atoms with Crippen LogP contribution in [0.2, 0.25) is 0 Å². The van der Waals surface area contributed by atoms with Crippen LogP contribution in [0.1, 0.15) is 47.5 Å². The molecule has 31 heavy (non-hydrogen) atoms. The van der Waals surface area contributed by atoms with Crippen molar-refractivity contribution in [2.24, 2.45) is 0 Å². The normalized spacial score (nSPS) is 19.4. The molecule has 9 heteroatoms. The summed E-state index contributed by atoms with van der Waals surface area (Å²) in [4.78, 5) is 23.7. The van der Waals surface area contributed by atoms with Crippen LogP contribution < -0.4 is 0 Å². The molecule has 162 valence electrons. The number of aromatic nitrogens is 3. The molecule has 0 N–H and O–H groups in total. The monoisotopic (exact) mass is 430 g/mol. The fourth-order valence-electron chi connectivity index (χ4n) is 3.89. The van der Waals surface area contributed by atoms with Crippen molar-refractivity contribution in [2.75, 3.05) is 6.54 Å². The van der Waals surface area contributed by atoms with Crippen molar-refractivity contribution in [3.8, 4) is 11.4 Å². The molecule has 1 aliphatic heterocycles. The molecule has 3 aromatic rings. The summed E-state index contributed by atoms with van der Waals surface area (Å²) in [6.45, 7) is 2.30. The summed E-state index contributed by atoms with van der Waals surface area (Å²) in [5.41, 5.74) is 0.969. The highest BCUT2D eigenvalue weighted by Crippen LogP contribution is 2.33. The lowest BCUT2D eigenvalue weighted by molar-refractivity contribution is -0.128. The fraction of sp³-hybridized carbons (Fsp3) is 0.364. The molecule has 2 atom stereocenters. The first-order chi connectivity index (χ1) is 14.8. The number of likely N-dealkylation sites (tertiary alicyclic amines) is 1. The van der Waals surface area contributed by atoms with E-state index in [1.807, 2.05) is 13.0 Å². The number of halogens is 3. The number of hydrogen-bond acceptors (Lipinski definition) is 5. The van der Waals surface area contributed by atoms with Gasteiger partial charge in [-0.05, 0) is 31.9 Å². The van der Waals surface area contributed by atoms with Gasteiger partial charge in [0.1, 0.15) is 5.76 Å². The smallest absolute Gasteiger partial charge is 0.361 e. The number of rotatable bonds is 4. The molecule has 4 rings (SSSR count). The zero-order valence-corrected chi connectivity index (χ0v) is 16.8. The minimum atomic E-state index is -4.35. The second-order valence-electron chi connectivity index (χ2n) is 7.71. The van der Waals surface area contributed by atoms with Gasteiger partial charge >= 0.3 is 6.18 Å². The van der Waals surface area contributed by atoms with E-state index in [1.54, 1.807) is 41.6 Å². The Morgan fingerprint density at radius 2 is 1.90 bits per heavy atom. The van der Waals surface area contributed by atoms with Crippen LogP contribution in [0.3, 0.4) is 0 Å². The van der Waals surface area contributed by atoms with Gasteiger partial charge in [0.05, 0.1) is 17.7 Å². The van der Waals surface area contributed by atoms with Gasteiger partial charge in [-0.25, -0.2) is 9.97 Å². The predicted molar refractivity (Wildman–Crippen MR) is 106 cm³/mol. The Morgan fingerprint density at radius 1 is 1.16 bits per heavy atom. The van der Waals surface area contributed by atoms with Gasteiger partial charge in [-0.1, -0.05) is 23.4 Å². The van der Waals surface area contributed by atoms with Crippen molar-refractivity contribution in [2.45, 2.75) is 44.3 Å². The van der Waals surface area contributed by atoms with E-state index in [9.17, 15) is 18.0 Å². The summed E-state index contributed by atoms with van der Waals surface area (Å²) in [6.07, 6.45) is -0.838. The number of carbonyl (C=O) groups excluding carboxylic acids is 1. The minimum absolute atomic E-state index is 0.0222. The molecular formula is C22H21F3N4O2. The first-order valence-corrected chi connectivity index (χ1v) is 10.0. The third kappa shape index (κ3) is 4.76. The number of benzene rings is 1. The third-order valence-electron chi connectivity index (χ3n) is 5.47. The Balaban J connectivity index is 1.57. The van der Waals surface area contributed by atoms with Crippen molar-refractivity contribution in [1.29, 1.82) is 0 Å². The van der Waals surface area contributed by atoms with E-state index in [4.69, 9.17) is 4.52 Å². The summed E-state index contributed by atoms with van der Waals surface area (Å²) < 4.78 is 43.1. The van der Waals surface area contributed by atoms with Gasteiger partial charge in [-0.3, -0.25) is 4.79 Å². The largest absolute Gasteiger partial charge is 0.394 e. The van der Waals surface area contributed by atoms with Gasteiger partial charge in [0.15, 0.2) is 5.82 Å². The van der Waals surface area contributed by atoms with Gasteiger partial charge < -0.3 is 9.42 Å². The summed E-state index contributed by atoms with van der Waals surface area (Å²) in [5.74, 6) is 0.452. The maximum absolute atomic E-state index is 13.4. The highest BCUT2D eigenvalue weighted by atomic mass is 19.4. The first-order valence-electron chi connectivity index (χ1n) is 10.0. The zero-order chi connectivity index (χ0) is 22.0. The summed E-state index contributed by atoms with van der Waals surface area (Å²) in [7, 11) is 0. The SMILES string of the molecule is C[C@@H]1CCC(c2cc(CC(F)(F)F)no2)CN1C(=O)c1ccccc1-c1ncccn1. The average Bonchev–Trinajstić information content (AvgIpc) is 3.21. The van der Waals surface area contributed by atoms with E-state index in [-0.39, 0.29) is 23.6 Å². The van der Waals surface area contributed by atoms with Crippen LogP contribution >= 0.6 is 0 Å². The number of alkyl halides is 3. The number of piperidine rings is 1. The number of nitrogens with zero attached hydrogens (tertiary/aromatic N) is 4. The average molecular weight is 430 g/mol. The Bertz CT molecular complexity index is 1050. The van der Waals surface area contributed by atoms with Crippen molar-refractivity contribution in [3.63, 3.8) is 0 Å². The van der Waals surface area contributed by atoms with Crippen LogP contribution in [0.25, 0.3) is 11.4 Å². The van der Waals surface area contributed by atoms with Crippen LogP contribution in [0, 0.1) is 0 Å². The standard InChI is InChI=1S/C22H21F3N4O2/c1-14-7-8-15(19-11-16(28-31-19)12-22(23,24)25)13-29(14)21(30)18-6-3-2-5-17(18)20-26-9-4-10-27-20/h2-6,9-11,14-15H,7-8,12-13H2,1H3/t14-,15?/m1/s1. The zero-order valence-electron chi connectivity index (χ0n) is 16.8. The van der Waals surface area contributed by atoms with Crippen LogP contribution in [-0.4, -0.2) is 44.7 Å². The van der Waals surface area contributed by atoms with Crippen molar-refractivity contribution < 1.29 is 22.5 Å². The van der Waals surface area contributed by atoms with Crippen LogP contribution in [-0.2, 0) is 6.42 Å². The summed E-state index contributed by atoms with van der Waals surface area (Å²) in [5, 5.41) is 3.56. The molecule has 0 aliphatic carbocycles. The number of carbonyl (C=O) groups is 1. The molecule has 1 aliphatic rings. The van der Waals surface area contributed by atoms with Crippen molar-refractivity contribution >= 4 is 5.91 Å². The van der Waals surface area contributed by atoms with Crippen molar-refractivity contribution in [1.82, 2.24) is 20.0 Å². The van der Waals surface area contributed by atoms with E-state index in [0.717, 1.165) is 0 Å². The van der Waals surface area contributed by atoms with Gasteiger partial charge in [0.2, 0.25) is 0 Å². The van der Waals surface area contributed by atoms with Crippen LogP contribution in [0.15, 0.2) is 53.3 Å². The highest BCUT2D eigenvalue weighted by Gasteiger charge is 2.35. The second kappa shape index (κ2) is 8.49. The molecule has 1 fully saturated rings. The molecule has 0 spiro atoms. The lowest BCUT2D eigenvalue weighted by Crippen LogP contribution is -2.45. The van der Waals surface area contributed by atoms with E-state index < -0.39 is 12.6 Å². The number of hydrogen-bond donors (Lipinski definition) is 0. The van der Waals surface area contributed by atoms with E-state index >= 15 is 0 Å². The molecule has 1 aromatic carbocycles. The highest BCUT2D eigenvalue weighted by molar-refractivity contribution is 6.00. The Labute approximate surface area is 177 Å². The maximum Gasteiger partial charge on any atom is 0.394 e. The first kappa shape index (κ1) is 21.0. The second-order valence-corrected chi connectivity index (χ2v) is 7.71. The molecule has 0 saturated carbocycles. The van der Waals surface area contributed by atoms with Crippen LogP contribution in [0.4, 0.5) is 13.2 Å². The predicted octanol–water partition coefficient (Wildman–Crippen LogP) is 4.64. The van der Waals surface area contributed by atoms with Gasteiger partial charge in [0.25, 0.3) is 5.91 Å². The molecule has 0 bridgehead atoms. The maximum atomic E-state index is 13.4. The summed E-state index contributed by atoms with van der Waals surface area (Å²) >= 11 is 0. The lowest BCUT2D eigenvalue weighted by Gasteiger charge is -2.37. The molecule has 6 nitrogen and oxygen atoms in total. The van der Waals surface area contributed by atoms with E-state index in [1.165, 1.54) is 6.07 Å². The Hall–Kier alpha value is -3.23. The lowest BCUT2D eigenvalue weighted by atomic mass is 9.90. The van der Waals surface area contributed by atoms with Gasteiger partial charge in [-0.2, -0.15) is 13.2 Å². The van der Waals surface area contributed by atoms with Crippen molar-refractivity contribution in [3.05, 3.63) is 65.8 Å². The third-order valence-corrected chi connectivity index (χ3v) is 5.47. The summed E-state index contributed by atoms with van der Waals surface area (Å²) in [6, 6.07) is 10.2. The molecule has 1 amide bonds. The molecule has 1 unspecified atom stereocenters. The minimum Gasteiger partial charge on any atom is -0.361 e. The Morgan fingerprint density at radius 3 is 2.65 bits per heavy atom. The molecule has 3 heterocycles.